The van der Waals surface area contributed by atoms with Gasteiger partial charge in [-0.05, 0) is 30.5 Å². The standard InChI is InChI=1S/C20H34N4O3/c1-6-15(7-2)12-23-20(21-4)24-13-16-9-10-17(18(11-16)26-5)27-14-19(25)22-8-3/h9-11,15H,6-8,12-14H2,1-5H3,(H,22,25)(H2,21,23,24). The van der Waals surface area contributed by atoms with Crippen molar-refractivity contribution in [1.29, 1.82) is 0 Å². The summed E-state index contributed by atoms with van der Waals surface area (Å²) in [7, 11) is 3.35. The highest BCUT2D eigenvalue weighted by Crippen LogP contribution is 2.28. The lowest BCUT2D eigenvalue weighted by atomic mass is 10.0. The number of hydrogen-bond acceptors (Lipinski definition) is 4. The van der Waals surface area contributed by atoms with Crippen molar-refractivity contribution in [1.82, 2.24) is 16.0 Å². The molecule has 0 bridgehead atoms. The molecule has 0 radical (unpaired) electrons. The Bertz CT molecular complexity index is 601. The van der Waals surface area contributed by atoms with Crippen LogP contribution in [-0.2, 0) is 11.3 Å². The van der Waals surface area contributed by atoms with Crippen LogP contribution in [0.25, 0.3) is 0 Å². The predicted octanol–water partition coefficient (Wildman–Crippen LogP) is 2.31. The highest BCUT2D eigenvalue weighted by atomic mass is 16.5. The van der Waals surface area contributed by atoms with Gasteiger partial charge in [0, 0.05) is 26.7 Å². The molecule has 1 amide bonds. The van der Waals surface area contributed by atoms with Crippen molar-refractivity contribution < 1.29 is 14.3 Å². The maximum absolute atomic E-state index is 11.5. The van der Waals surface area contributed by atoms with Crippen LogP contribution in [0.15, 0.2) is 23.2 Å². The number of guanidine groups is 1. The number of rotatable bonds is 11. The van der Waals surface area contributed by atoms with E-state index in [-0.39, 0.29) is 12.5 Å². The van der Waals surface area contributed by atoms with Gasteiger partial charge in [0.15, 0.2) is 24.1 Å². The normalized spacial score (nSPS) is 11.3. The molecule has 0 spiro atoms. The first-order chi connectivity index (χ1) is 13.1. The molecule has 1 rings (SSSR count). The Hall–Kier alpha value is -2.44. The van der Waals surface area contributed by atoms with E-state index in [2.05, 4.69) is 34.8 Å². The average molecular weight is 379 g/mol. The summed E-state index contributed by atoms with van der Waals surface area (Å²) in [6.07, 6.45) is 2.30. The maximum atomic E-state index is 11.5. The van der Waals surface area contributed by atoms with Crippen molar-refractivity contribution in [2.75, 3.05) is 33.9 Å². The Kier molecular flexibility index (Phi) is 10.7. The molecule has 0 aliphatic rings. The van der Waals surface area contributed by atoms with E-state index < -0.39 is 0 Å². The quantitative estimate of drug-likeness (QED) is 0.406. The molecule has 27 heavy (non-hydrogen) atoms. The van der Waals surface area contributed by atoms with Crippen molar-refractivity contribution in [3.8, 4) is 11.5 Å². The van der Waals surface area contributed by atoms with Gasteiger partial charge in [-0.3, -0.25) is 9.79 Å². The highest BCUT2D eigenvalue weighted by Gasteiger charge is 2.09. The molecule has 0 atom stereocenters. The summed E-state index contributed by atoms with van der Waals surface area (Å²) in [4.78, 5) is 15.8. The topological polar surface area (TPSA) is 84.0 Å². The van der Waals surface area contributed by atoms with Gasteiger partial charge in [0.25, 0.3) is 5.91 Å². The van der Waals surface area contributed by atoms with Gasteiger partial charge >= 0.3 is 0 Å². The number of aliphatic imine (C=N–C) groups is 1. The minimum absolute atomic E-state index is 0.0334. The van der Waals surface area contributed by atoms with Crippen molar-refractivity contribution in [3.05, 3.63) is 23.8 Å². The third kappa shape index (κ3) is 8.19. The summed E-state index contributed by atoms with van der Waals surface area (Å²) in [5.41, 5.74) is 1.03. The molecule has 1 aromatic rings. The molecule has 7 nitrogen and oxygen atoms in total. The summed E-state index contributed by atoms with van der Waals surface area (Å²) in [6.45, 7) is 8.33. The van der Waals surface area contributed by atoms with Gasteiger partial charge in [-0.25, -0.2) is 0 Å². The number of likely N-dealkylation sites (N-methyl/N-ethyl adjacent to an activating group) is 1. The number of carbonyl (C=O) groups is 1. The number of ether oxygens (including phenoxy) is 2. The summed E-state index contributed by atoms with van der Waals surface area (Å²) >= 11 is 0. The fraction of sp³-hybridized carbons (Fsp3) is 0.600. The zero-order chi connectivity index (χ0) is 20.1. The van der Waals surface area contributed by atoms with Crippen molar-refractivity contribution in [2.45, 2.75) is 40.2 Å². The van der Waals surface area contributed by atoms with Crippen LogP contribution in [0.4, 0.5) is 0 Å². The second-order valence-electron chi connectivity index (χ2n) is 6.22. The van der Waals surface area contributed by atoms with Crippen LogP contribution in [0.5, 0.6) is 11.5 Å². The lowest BCUT2D eigenvalue weighted by Gasteiger charge is -2.17. The smallest absolute Gasteiger partial charge is 0.257 e. The van der Waals surface area contributed by atoms with Crippen LogP contribution in [0.2, 0.25) is 0 Å². The van der Waals surface area contributed by atoms with E-state index in [0.29, 0.717) is 30.5 Å². The largest absolute Gasteiger partial charge is 0.493 e. The third-order valence-electron chi connectivity index (χ3n) is 4.36. The van der Waals surface area contributed by atoms with E-state index in [1.807, 2.05) is 25.1 Å². The lowest BCUT2D eigenvalue weighted by molar-refractivity contribution is -0.123. The molecule has 0 unspecified atom stereocenters. The Balaban J connectivity index is 2.61. The predicted molar refractivity (Wildman–Crippen MR) is 109 cm³/mol. The molecule has 7 heteroatoms. The van der Waals surface area contributed by atoms with E-state index in [1.165, 1.54) is 0 Å². The first-order valence-corrected chi connectivity index (χ1v) is 9.58. The molecule has 0 aliphatic heterocycles. The molecule has 0 aromatic heterocycles. The number of carbonyl (C=O) groups excluding carboxylic acids is 1. The number of benzene rings is 1. The van der Waals surface area contributed by atoms with Gasteiger partial charge in [0.05, 0.1) is 7.11 Å². The first-order valence-electron chi connectivity index (χ1n) is 9.58. The second-order valence-corrected chi connectivity index (χ2v) is 6.22. The maximum Gasteiger partial charge on any atom is 0.257 e. The average Bonchev–Trinajstić information content (AvgIpc) is 2.69. The van der Waals surface area contributed by atoms with Crippen molar-refractivity contribution in [3.63, 3.8) is 0 Å². The van der Waals surface area contributed by atoms with Crippen molar-refractivity contribution in [2.24, 2.45) is 10.9 Å². The van der Waals surface area contributed by atoms with Gasteiger partial charge in [0.1, 0.15) is 0 Å². The van der Waals surface area contributed by atoms with Gasteiger partial charge in [-0.1, -0.05) is 32.8 Å². The van der Waals surface area contributed by atoms with E-state index >= 15 is 0 Å². The Morgan fingerprint density at radius 1 is 1.11 bits per heavy atom. The summed E-state index contributed by atoms with van der Waals surface area (Å²) < 4.78 is 10.9. The molecule has 0 aliphatic carbocycles. The van der Waals surface area contributed by atoms with Crippen LogP contribution in [-0.4, -0.2) is 45.7 Å². The summed E-state index contributed by atoms with van der Waals surface area (Å²) in [6, 6.07) is 5.65. The number of nitrogens with one attached hydrogen (secondary N) is 3. The number of hydrogen-bond donors (Lipinski definition) is 3. The monoisotopic (exact) mass is 378 g/mol. The Morgan fingerprint density at radius 3 is 2.44 bits per heavy atom. The molecule has 0 saturated carbocycles. The number of amides is 1. The fourth-order valence-corrected chi connectivity index (χ4v) is 2.56. The molecule has 0 saturated heterocycles. The van der Waals surface area contributed by atoms with Crippen LogP contribution in [0.3, 0.4) is 0 Å². The molecule has 3 N–H and O–H groups in total. The van der Waals surface area contributed by atoms with Gasteiger partial charge < -0.3 is 25.4 Å². The second kappa shape index (κ2) is 12.8. The minimum Gasteiger partial charge on any atom is -0.493 e. The molecule has 0 fully saturated rings. The van der Waals surface area contributed by atoms with E-state index in [4.69, 9.17) is 9.47 Å². The van der Waals surface area contributed by atoms with Crippen LogP contribution < -0.4 is 25.4 Å². The van der Waals surface area contributed by atoms with Crippen LogP contribution >= 0.6 is 0 Å². The summed E-state index contributed by atoms with van der Waals surface area (Å²) in [5.74, 6) is 2.40. The zero-order valence-corrected chi connectivity index (χ0v) is 17.2. The molecule has 0 heterocycles. The van der Waals surface area contributed by atoms with E-state index in [0.717, 1.165) is 30.9 Å². The van der Waals surface area contributed by atoms with Crippen LogP contribution in [0, 0.1) is 5.92 Å². The zero-order valence-electron chi connectivity index (χ0n) is 17.2. The van der Waals surface area contributed by atoms with Crippen molar-refractivity contribution >= 4 is 11.9 Å². The highest BCUT2D eigenvalue weighted by molar-refractivity contribution is 5.79. The van der Waals surface area contributed by atoms with Gasteiger partial charge in [0.2, 0.25) is 0 Å². The minimum atomic E-state index is -0.155. The van der Waals surface area contributed by atoms with E-state index in [9.17, 15) is 4.79 Å². The van der Waals surface area contributed by atoms with Gasteiger partial charge in [-0.15, -0.1) is 0 Å². The Labute approximate surface area is 162 Å². The molecular formula is C20H34N4O3. The van der Waals surface area contributed by atoms with Crippen LogP contribution in [0.1, 0.15) is 39.2 Å². The molecule has 1 aromatic carbocycles. The lowest BCUT2D eigenvalue weighted by Crippen LogP contribution is -2.39. The number of methoxy groups -OCH3 is 1. The molecule has 152 valence electrons. The first kappa shape index (κ1) is 22.6. The van der Waals surface area contributed by atoms with E-state index in [1.54, 1.807) is 14.2 Å². The third-order valence-corrected chi connectivity index (χ3v) is 4.36. The fourth-order valence-electron chi connectivity index (χ4n) is 2.56. The Morgan fingerprint density at radius 2 is 1.85 bits per heavy atom. The molecular weight excluding hydrogens is 344 g/mol. The van der Waals surface area contributed by atoms with Gasteiger partial charge in [-0.2, -0.15) is 0 Å². The SMILES string of the molecule is CCNC(=O)COc1ccc(CNC(=NC)NCC(CC)CC)cc1OC. The number of nitrogens with zero attached hydrogens (tertiary/aromatic N) is 1. The summed E-state index contributed by atoms with van der Waals surface area (Å²) in [5, 5.41) is 9.37.